The number of nitrogens with one attached hydrogen (secondary N) is 1. The van der Waals surface area contributed by atoms with Crippen LogP contribution in [0.5, 0.6) is 0 Å². The second-order valence-corrected chi connectivity index (χ2v) is 7.80. The first-order chi connectivity index (χ1) is 11.6. The number of primary amides is 1. The van der Waals surface area contributed by atoms with E-state index < -0.39 is 17.5 Å². The fourth-order valence-corrected chi connectivity index (χ4v) is 3.56. The van der Waals surface area contributed by atoms with Gasteiger partial charge in [0.25, 0.3) is 0 Å². The molecular weight excluding hydrogens is 344 g/mol. The Bertz CT molecular complexity index is 652. The number of hydrogen-bond donors (Lipinski definition) is 3. The Morgan fingerprint density at radius 3 is 2.36 bits per heavy atom. The molecule has 25 heavy (non-hydrogen) atoms. The van der Waals surface area contributed by atoms with Crippen LogP contribution >= 0.6 is 11.6 Å². The van der Waals surface area contributed by atoms with E-state index in [1.807, 2.05) is 20.8 Å². The lowest BCUT2D eigenvalue weighted by Crippen LogP contribution is -2.52. The lowest BCUT2D eigenvalue weighted by atomic mass is 9.88. The van der Waals surface area contributed by atoms with Crippen LogP contribution in [0.3, 0.4) is 0 Å². The molecule has 0 aromatic carbocycles. The molecule has 0 saturated heterocycles. The van der Waals surface area contributed by atoms with E-state index in [-0.39, 0.29) is 17.6 Å². The van der Waals surface area contributed by atoms with E-state index in [0.29, 0.717) is 10.8 Å². The third-order valence-corrected chi connectivity index (χ3v) is 4.75. The van der Waals surface area contributed by atoms with Crippen molar-refractivity contribution in [1.29, 1.82) is 0 Å². The summed E-state index contributed by atoms with van der Waals surface area (Å²) < 4.78 is 0. The fourth-order valence-electron chi connectivity index (χ4n) is 3.34. The van der Waals surface area contributed by atoms with Gasteiger partial charge < -0.3 is 21.1 Å². The summed E-state index contributed by atoms with van der Waals surface area (Å²) in [6.45, 7) is 5.74. The SMILES string of the molecule is CC(C)(C)N(C(=O)O)C1CCC(Nc2ncc(C(N)=O)cc2Cl)CC1. The van der Waals surface area contributed by atoms with Crippen molar-refractivity contribution in [2.75, 3.05) is 5.32 Å². The number of hydrogen-bond acceptors (Lipinski definition) is 4. The van der Waals surface area contributed by atoms with Gasteiger partial charge in [0.05, 0.1) is 10.6 Å². The van der Waals surface area contributed by atoms with Gasteiger partial charge in [0.1, 0.15) is 5.82 Å². The predicted molar refractivity (Wildman–Crippen MR) is 97.0 cm³/mol. The molecule has 1 aliphatic carbocycles. The smallest absolute Gasteiger partial charge is 0.407 e. The van der Waals surface area contributed by atoms with Crippen molar-refractivity contribution in [2.45, 2.75) is 64.1 Å². The summed E-state index contributed by atoms with van der Waals surface area (Å²) in [5, 5.41) is 13.1. The summed E-state index contributed by atoms with van der Waals surface area (Å²) in [5.41, 5.74) is 5.05. The normalized spacial score (nSPS) is 20.8. The van der Waals surface area contributed by atoms with E-state index in [2.05, 4.69) is 10.3 Å². The monoisotopic (exact) mass is 368 g/mol. The van der Waals surface area contributed by atoms with E-state index in [1.54, 1.807) is 4.90 Å². The largest absolute Gasteiger partial charge is 0.465 e. The first-order valence-electron chi connectivity index (χ1n) is 8.33. The first-order valence-corrected chi connectivity index (χ1v) is 8.71. The number of rotatable bonds is 4. The second kappa shape index (κ2) is 7.47. The molecule has 1 heterocycles. The molecule has 7 nitrogen and oxygen atoms in total. The number of pyridine rings is 1. The Kier molecular flexibility index (Phi) is 5.77. The third-order valence-electron chi connectivity index (χ3n) is 4.46. The maximum atomic E-state index is 11.6. The minimum Gasteiger partial charge on any atom is -0.465 e. The van der Waals surface area contributed by atoms with Crippen LogP contribution in [0.25, 0.3) is 0 Å². The van der Waals surface area contributed by atoms with Crippen LogP contribution in [0, 0.1) is 0 Å². The van der Waals surface area contributed by atoms with Gasteiger partial charge in [-0.15, -0.1) is 0 Å². The lowest BCUT2D eigenvalue weighted by molar-refractivity contribution is 0.0556. The summed E-state index contributed by atoms with van der Waals surface area (Å²) in [4.78, 5) is 28.5. The van der Waals surface area contributed by atoms with Crippen LogP contribution in [-0.2, 0) is 0 Å². The van der Waals surface area contributed by atoms with Crippen molar-refractivity contribution in [1.82, 2.24) is 9.88 Å². The minimum atomic E-state index is -0.879. The van der Waals surface area contributed by atoms with Crippen LogP contribution in [0.2, 0.25) is 5.02 Å². The van der Waals surface area contributed by atoms with Crippen LogP contribution in [0.15, 0.2) is 12.3 Å². The number of carboxylic acid groups (broad SMARTS) is 1. The summed E-state index contributed by atoms with van der Waals surface area (Å²) in [6.07, 6.45) is 3.71. The van der Waals surface area contributed by atoms with Crippen molar-refractivity contribution < 1.29 is 14.7 Å². The summed E-state index contributed by atoms with van der Waals surface area (Å²) >= 11 is 6.15. The highest BCUT2D eigenvalue weighted by Crippen LogP contribution is 2.31. The number of nitrogens with zero attached hydrogens (tertiary/aromatic N) is 2. The number of amides is 2. The molecule has 138 valence electrons. The molecule has 1 aromatic rings. The van der Waals surface area contributed by atoms with Crippen LogP contribution < -0.4 is 11.1 Å². The van der Waals surface area contributed by atoms with Crippen LogP contribution in [0.4, 0.5) is 10.6 Å². The molecule has 0 unspecified atom stereocenters. The maximum Gasteiger partial charge on any atom is 0.407 e. The van der Waals surface area contributed by atoms with E-state index >= 15 is 0 Å². The Hall–Kier alpha value is -2.02. The number of halogens is 1. The van der Waals surface area contributed by atoms with Gasteiger partial charge in [-0.3, -0.25) is 4.79 Å². The predicted octanol–water partition coefficient (Wildman–Crippen LogP) is 3.34. The lowest BCUT2D eigenvalue weighted by Gasteiger charge is -2.42. The fraction of sp³-hybridized carbons (Fsp3) is 0.588. The first kappa shape index (κ1) is 19.3. The van der Waals surface area contributed by atoms with Crippen molar-refractivity contribution >= 4 is 29.4 Å². The van der Waals surface area contributed by atoms with Gasteiger partial charge in [0.2, 0.25) is 5.91 Å². The van der Waals surface area contributed by atoms with E-state index in [0.717, 1.165) is 25.7 Å². The molecule has 0 spiro atoms. The average Bonchev–Trinajstić information content (AvgIpc) is 2.49. The summed E-state index contributed by atoms with van der Waals surface area (Å²) in [5.74, 6) is -0.0570. The number of anilines is 1. The van der Waals surface area contributed by atoms with E-state index in [1.165, 1.54) is 12.3 Å². The molecule has 0 bridgehead atoms. The molecule has 1 aromatic heterocycles. The van der Waals surface area contributed by atoms with Crippen molar-refractivity contribution in [3.05, 3.63) is 22.8 Å². The number of aromatic nitrogens is 1. The molecule has 0 radical (unpaired) electrons. The van der Waals surface area contributed by atoms with Gasteiger partial charge in [-0.25, -0.2) is 9.78 Å². The molecule has 2 amide bonds. The Morgan fingerprint density at radius 1 is 1.32 bits per heavy atom. The second-order valence-electron chi connectivity index (χ2n) is 7.39. The van der Waals surface area contributed by atoms with Gasteiger partial charge in [0, 0.05) is 23.8 Å². The van der Waals surface area contributed by atoms with Crippen molar-refractivity contribution in [3.8, 4) is 0 Å². The average molecular weight is 369 g/mol. The molecule has 1 fully saturated rings. The van der Waals surface area contributed by atoms with Gasteiger partial charge >= 0.3 is 6.09 Å². The molecule has 1 aliphatic rings. The standard InChI is InChI=1S/C17H25ClN4O3/c1-17(2,3)22(16(24)25)12-6-4-11(5-7-12)21-15-13(18)8-10(9-20-15)14(19)23/h8-9,11-12H,4-7H2,1-3H3,(H2,19,23)(H,20,21)(H,24,25). The van der Waals surface area contributed by atoms with Gasteiger partial charge in [-0.05, 0) is 52.5 Å². The summed E-state index contributed by atoms with van der Waals surface area (Å²) in [7, 11) is 0. The van der Waals surface area contributed by atoms with Gasteiger partial charge in [0.15, 0.2) is 0 Å². The minimum absolute atomic E-state index is 0.0104. The van der Waals surface area contributed by atoms with E-state index in [9.17, 15) is 14.7 Å². The van der Waals surface area contributed by atoms with Gasteiger partial charge in [-0.2, -0.15) is 0 Å². The highest BCUT2D eigenvalue weighted by atomic mass is 35.5. The van der Waals surface area contributed by atoms with E-state index in [4.69, 9.17) is 17.3 Å². The molecule has 8 heteroatoms. The maximum absolute atomic E-state index is 11.6. The van der Waals surface area contributed by atoms with Gasteiger partial charge in [-0.1, -0.05) is 11.6 Å². The van der Waals surface area contributed by atoms with Crippen LogP contribution in [0.1, 0.15) is 56.8 Å². The van der Waals surface area contributed by atoms with Crippen molar-refractivity contribution in [3.63, 3.8) is 0 Å². The zero-order valence-corrected chi connectivity index (χ0v) is 15.5. The third kappa shape index (κ3) is 4.75. The molecule has 1 saturated carbocycles. The molecular formula is C17H25ClN4O3. The molecule has 2 rings (SSSR count). The van der Waals surface area contributed by atoms with Crippen LogP contribution in [-0.4, -0.2) is 44.6 Å². The Labute approximate surface area is 152 Å². The Balaban J connectivity index is 1.99. The highest BCUT2D eigenvalue weighted by molar-refractivity contribution is 6.33. The zero-order chi connectivity index (χ0) is 18.8. The zero-order valence-electron chi connectivity index (χ0n) is 14.8. The number of carbonyl (C=O) groups is 2. The quantitative estimate of drug-likeness (QED) is 0.755. The van der Waals surface area contributed by atoms with Crippen molar-refractivity contribution in [2.24, 2.45) is 5.73 Å². The molecule has 0 aliphatic heterocycles. The topological polar surface area (TPSA) is 109 Å². The number of nitrogens with two attached hydrogens (primary N) is 1. The molecule has 4 N–H and O–H groups in total. The number of carbonyl (C=O) groups excluding carboxylic acids is 1. The Morgan fingerprint density at radius 2 is 1.92 bits per heavy atom. The highest BCUT2D eigenvalue weighted by Gasteiger charge is 2.35. The molecule has 0 atom stereocenters. The summed E-state index contributed by atoms with van der Waals surface area (Å²) in [6, 6.07) is 1.67.